The zero-order chi connectivity index (χ0) is 26.2. The van der Waals surface area contributed by atoms with E-state index in [1.807, 2.05) is 54.8 Å². The van der Waals surface area contributed by atoms with Gasteiger partial charge in [-0.05, 0) is 97.2 Å². The van der Waals surface area contributed by atoms with E-state index in [1.165, 1.54) is 11.3 Å². The van der Waals surface area contributed by atoms with E-state index in [0.717, 1.165) is 54.9 Å². The molecule has 0 radical (unpaired) electrons. The smallest absolute Gasteiger partial charge is 0.274 e. The van der Waals surface area contributed by atoms with Gasteiger partial charge in [-0.2, -0.15) is 5.10 Å². The summed E-state index contributed by atoms with van der Waals surface area (Å²) in [6, 6.07) is 14.9. The highest BCUT2D eigenvalue weighted by Crippen LogP contribution is 2.28. The summed E-state index contributed by atoms with van der Waals surface area (Å²) in [5, 5.41) is 18.6. The van der Waals surface area contributed by atoms with E-state index < -0.39 is 0 Å². The first kappa shape index (κ1) is 26.5. The molecule has 9 heteroatoms. The van der Waals surface area contributed by atoms with Crippen LogP contribution in [0.2, 0.25) is 0 Å². The Morgan fingerprint density at radius 1 is 1.16 bits per heavy atom. The molecule has 1 fully saturated rings. The highest BCUT2D eigenvalue weighted by atomic mass is 32.1. The van der Waals surface area contributed by atoms with Crippen LogP contribution >= 0.6 is 11.3 Å². The minimum atomic E-state index is -0.390. The Kier molecular flexibility index (Phi) is 9.05. The fourth-order valence-corrected chi connectivity index (χ4v) is 5.24. The van der Waals surface area contributed by atoms with Crippen molar-refractivity contribution in [3.05, 3.63) is 81.7 Å². The predicted octanol–water partition coefficient (Wildman–Crippen LogP) is 4.29. The van der Waals surface area contributed by atoms with Crippen LogP contribution < -0.4 is 15.5 Å². The largest absolute Gasteiger partial charge is 0.497 e. The van der Waals surface area contributed by atoms with Crippen LogP contribution in [0.25, 0.3) is 0 Å². The minimum Gasteiger partial charge on any atom is -0.497 e. The Labute approximate surface area is 221 Å². The van der Waals surface area contributed by atoms with E-state index >= 15 is 0 Å². The molecule has 0 spiro atoms. The molecular weight excluding hydrogens is 488 g/mol. The topological polar surface area (TPSA) is 103 Å². The van der Waals surface area contributed by atoms with Gasteiger partial charge in [0.1, 0.15) is 10.8 Å². The average molecular weight is 521 g/mol. The van der Waals surface area contributed by atoms with E-state index in [-0.39, 0.29) is 18.4 Å². The molecule has 0 aliphatic carbocycles. The van der Waals surface area contributed by atoms with Crippen molar-refractivity contribution < 1.29 is 19.4 Å². The van der Waals surface area contributed by atoms with Gasteiger partial charge in [0, 0.05) is 18.7 Å². The second-order valence-electron chi connectivity index (χ2n) is 9.15. The second kappa shape index (κ2) is 12.6. The van der Waals surface area contributed by atoms with E-state index in [2.05, 4.69) is 20.7 Å². The van der Waals surface area contributed by atoms with Crippen LogP contribution in [-0.2, 0) is 6.54 Å². The van der Waals surface area contributed by atoms with Gasteiger partial charge in [-0.25, -0.2) is 5.43 Å². The normalized spacial score (nSPS) is 14.6. The number of nitrogens with zero attached hydrogens (tertiary/aromatic N) is 2. The Hall–Kier alpha value is -3.53. The number of benzene rings is 2. The monoisotopic (exact) mass is 520 g/mol. The number of aliphatic hydroxyl groups excluding tert-OH is 1. The quantitative estimate of drug-likeness (QED) is 0.289. The molecule has 3 N–H and O–H groups in total. The van der Waals surface area contributed by atoms with E-state index in [4.69, 9.17) is 4.74 Å². The highest BCUT2D eigenvalue weighted by molar-refractivity contribution is 7.15. The fraction of sp³-hybridized carbons (Fsp3) is 0.321. The standard InChI is InChI=1S/C28H32N4O4S/c1-19-18-37-28(25(19)27(35)31-29-15-20-6-8-24(36-2)9-7-20)30-26(34)23-5-3-4-22(14-23)16-32-12-10-21(17-33)11-13-32/h3-9,14-15,18,21,33H,10-13,16-17H2,1-2H3,(H,30,34)(H,31,35). The first-order chi connectivity index (χ1) is 18.0. The minimum absolute atomic E-state index is 0.251. The summed E-state index contributed by atoms with van der Waals surface area (Å²) < 4.78 is 5.14. The van der Waals surface area contributed by atoms with Crippen molar-refractivity contribution in [1.82, 2.24) is 10.3 Å². The molecule has 1 aliphatic rings. The van der Waals surface area contributed by atoms with Crippen molar-refractivity contribution in [2.45, 2.75) is 26.3 Å². The lowest BCUT2D eigenvalue weighted by atomic mass is 9.97. The Bertz CT molecular complexity index is 1250. The molecule has 2 aromatic carbocycles. The third-order valence-corrected chi connectivity index (χ3v) is 7.50. The van der Waals surface area contributed by atoms with Crippen LogP contribution in [0.15, 0.2) is 59.0 Å². The number of hydrazone groups is 1. The van der Waals surface area contributed by atoms with Crippen LogP contribution in [0.1, 0.15) is 50.2 Å². The molecule has 3 aromatic rings. The number of hydrogen-bond donors (Lipinski definition) is 3. The molecule has 1 aliphatic heterocycles. The van der Waals surface area contributed by atoms with E-state index in [0.29, 0.717) is 22.0 Å². The van der Waals surface area contributed by atoms with Crippen LogP contribution in [0, 0.1) is 12.8 Å². The molecule has 2 amide bonds. The van der Waals surface area contributed by atoms with Crippen molar-refractivity contribution in [1.29, 1.82) is 0 Å². The number of amides is 2. The number of methoxy groups -OCH3 is 1. The number of hydrogen-bond acceptors (Lipinski definition) is 7. The van der Waals surface area contributed by atoms with Gasteiger partial charge in [-0.1, -0.05) is 12.1 Å². The number of anilines is 1. The van der Waals surface area contributed by atoms with Crippen molar-refractivity contribution in [2.24, 2.45) is 11.0 Å². The zero-order valence-electron chi connectivity index (χ0n) is 21.1. The number of likely N-dealkylation sites (tertiary alicyclic amines) is 1. The number of nitrogens with one attached hydrogen (secondary N) is 2. The van der Waals surface area contributed by atoms with Crippen molar-refractivity contribution in [2.75, 3.05) is 32.1 Å². The lowest BCUT2D eigenvalue weighted by molar-refractivity contribution is 0.0956. The number of carbonyl (C=O) groups is 2. The number of piperidine rings is 1. The number of ether oxygens (including phenoxy) is 1. The molecule has 0 atom stereocenters. The lowest BCUT2D eigenvalue weighted by Gasteiger charge is -2.31. The van der Waals surface area contributed by atoms with Gasteiger partial charge in [0.2, 0.25) is 0 Å². The first-order valence-electron chi connectivity index (χ1n) is 12.3. The molecule has 2 heterocycles. The average Bonchev–Trinajstić information content (AvgIpc) is 3.29. The second-order valence-corrected chi connectivity index (χ2v) is 10.0. The van der Waals surface area contributed by atoms with Gasteiger partial charge < -0.3 is 15.2 Å². The van der Waals surface area contributed by atoms with Crippen molar-refractivity contribution >= 4 is 34.4 Å². The third-order valence-electron chi connectivity index (χ3n) is 6.49. The molecule has 8 nitrogen and oxygen atoms in total. The number of aryl methyl sites for hydroxylation is 1. The van der Waals surface area contributed by atoms with Crippen LogP contribution in [0.4, 0.5) is 5.00 Å². The number of rotatable bonds is 9. The molecule has 37 heavy (non-hydrogen) atoms. The predicted molar refractivity (Wildman–Crippen MR) is 147 cm³/mol. The molecule has 1 saturated heterocycles. The fourth-order valence-electron chi connectivity index (χ4n) is 4.30. The molecular formula is C28H32N4O4S. The summed E-state index contributed by atoms with van der Waals surface area (Å²) in [5.74, 6) is 0.475. The summed E-state index contributed by atoms with van der Waals surface area (Å²) in [5.41, 5.74) is 6.12. The van der Waals surface area contributed by atoms with E-state index in [1.54, 1.807) is 19.4 Å². The summed E-state index contributed by atoms with van der Waals surface area (Å²) in [6.07, 6.45) is 3.53. The van der Waals surface area contributed by atoms with Gasteiger partial charge in [0.15, 0.2) is 0 Å². The van der Waals surface area contributed by atoms with Crippen LogP contribution in [0.3, 0.4) is 0 Å². The number of thiophene rings is 1. The molecule has 0 unspecified atom stereocenters. The third kappa shape index (κ3) is 7.03. The van der Waals surface area contributed by atoms with Crippen molar-refractivity contribution in [3.8, 4) is 5.75 Å². The summed E-state index contributed by atoms with van der Waals surface area (Å²) in [6.45, 7) is 4.72. The first-order valence-corrected chi connectivity index (χ1v) is 13.1. The Balaban J connectivity index is 1.38. The number of aliphatic hydroxyl groups is 1. The molecule has 0 saturated carbocycles. The van der Waals surface area contributed by atoms with Crippen LogP contribution in [0.5, 0.6) is 5.75 Å². The lowest BCUT2D eigenvalue weighted by Crippen LogP contribution is -2.34. The van der Waals surface area contributed by atoms with Gasteiger partial charge in [-0.15, -0.1) is 11.3 Å². The zero-order valence-corrected chi connectivity index (χ0v) is 21.9. The van der Waals surface area contributed by atoms with Crippen molar-refractivity contribution in [3.63, 3.8) is 0 Å². The maximum atomic E-state index is 13.1. The molecule has 1 aromatic heterocycles. The summed E-state index contributed by atoms with van der Waals surface area (Å²) in [4.78, 5) is 28.3. The summed E-state index contributed by atoms with van der Waals surface area (Å²) >= 11 is 1.31. The van der Waals surface area contributed by atoms with Gasteiger partial charge in [0.25, 0.3) is 11.8 Å². The molecule has 194 valence electrons. The molecule has 0 bridgehead atoms. The maximum absolute atomic E-state index is 13.1. The summed E-state index contributed by atoms with van der Waals surface area (Å²) in [7, 11) is 1.60. The van der Waals surface area contributed by atoms with E-state index in [9.17, 15) is 14.7 Å². The van der Waals surface area contributed by atoms with Gasteiger partial charge in [-0.3, -0.25) is 14.5 Å². The van der Waals surface area contributed by atoms with Crippen LogP contribution in [-0.4, -0.2) is 54.8 Å². The SMILES string of the molecule is COc1ccc(C=NNC(=O)c2c(C)csc2NC(=O)c2cccc(CN3CCC(CO)CC3)c2)cc1. The van der Waals surface area contributed by atoms with Gasteiger partial charge >= 0.3 is 0 Å². The Morgan fingerprint density at radius 3 is 2.62 bits per heavy atom. The van der Waals surface area contributed by atoms with Gasteiger partial charge in [0.05, 0.1) is 18.9 Å². The molecule has 4 rings (SSSR count). The number of carbonyl (C=O) groups excluding carboxylic acids is 2. The Morgan fingerprint density at radius 2 is 1.92 bits per heavy atom. The maximum Gasteiger partial charge on any atom is 0.274 e. The highest BCUT2D eigenvalue weighted by Gasteiger charge is 2.21.